The summed E-state index contributed by atoms with van der Waals surface area (Å²) in [5, 5.41) is 5.99. The van der Waals surface area contributed by atoms with E-state index in [4.69, 9.17) is 9.47 Å². The zero-order chi connectivity index (χ0) is 21.6. The number of benzene rings is 1. The fourth-order valence-corrected chi connectivity index (χ4v) is 4.48. The lowest BCUT2D eigenvalue weighted by atomic mass is 9.78. The molecule has 0 aromatic heterocycles. The van der Waals surface area contributed by atoms with Gasteiger partial charge in [0.05, 0.1) is 12.7 Å². The normalized spacial score (nSPS) is 20.8. The van der Waals surface area contributed by atoms with Gasteiger partial charge in [0.1, 0.15) is 5.75 Å². The molecular formula is C23H35N3O4. The first-order chi connectivity index (χ1) is 14.4. The van der Waals surface area contributed by atoms with Crippen LogP contribution in [0.4, 0.5) is 4.79 Å². The number of hydrogen-bond acceptors (Lipinski definition) is 4. The Hall–Kier alpha value is -2.28. The van der Waals surface area contributed by atoms with Crippen molar-refractivity contribution in [2.24, 2.45) is 5.92 Å². The molecule has 2 fully saturated rings. The van der Waals surface area contributed by atoms with E-state index in [1.54, 1.807) is 7.11 Å². The number of hydrogen-bond donors (Lipinski definition) is 2. The molecule has 0 aliphatic carbocycles. The summed E-state index contributed by atoms with van der Waals surface area (Å²) in [5.74, 6) is 1.17. The van der Waals surface area contributed by atoms with Gasteiger partial charge in [-0.15, -0.1) is 0 Å². The van der Waals surface area contributed by atoms with Gasteiger partial charge in [0, 0.05) is 44.3 Å². The van der Waals surface area contributed by atoms with Gasteiger partial charge >= 0.3 is 6.03 Å². The predicted molar refractivity (Wildman–Crippen MR) is 115 cm³/mol. The molecule has 2 heterocycles. The van der Waals surface area contributed by atoms with Gasteiger partial charge < -0.3 is 25.0 Å². The number of urea groups is 1. The molecule has 3 rings (SSSR count). The number of likely N-dealkylation sites (tertiary alicyclic amines) is 1. The van der Waals surface area contributed by atoms with Crippen LogP contribution in [-0.4, -0.2) is 55.3 Å². The van der Waals surface area contributed by atoms with Crippen molar-refractivity contribution in [3.63, 3.8) is 0 Å². The summed E-state index contributed by atoms with van der Waals surface area (Å²) < 4.78 is 11.5. The van der Waals surface area contributed by atoms with Crippen molar-refractivity contribution in [3.05, 3.63) is 29.8 Å². The van der Waals surface area contributed by atoms with E-state index in [0.717, 1.165) is 37.0 Å². The van der Waals surface area contributed by atoms with Crippen LogP contribution in [0.15, 0.2) is 24.3 Å². The van der Waals surface area contributed by atoms with Crippen LogP contribution >= 0.6 is 0 Å². The Labute approximate surface area is 179 Å². The van der Waals surface area contributed by atoms with Crippen molar-refractivity contribution in [2.75, 3.05) is 26.8 Å². The maximum Gasteiger partial charge on any atom is 0.317 e. The molecule has 0 bridgehead atoms. The summed E-state index contributed by atoms with van der Waals surface area (Å²) in [7, 11) is 1.64. The SMILES string of the molecule is COc1ccccc1CNC(=O)CC1CCOC2(CCN(C(=O)NC(C)C)CC2)C1. The molecule has 3 amide bonds. The second kappa shape index (κ2) is 10.2. The van der Waals surface area contributed by atoms with Crippen LogP contribution in [0.1, 0.15) is 51.5 Å². The highest BCUT2D eigenvalue weighted by molar-refractivity contribution is 5.76. The van der Waals surface area contributed by atoms with Gasteiger partial charge in [-0.25, -0.2) is 4.79 Å². The van der Waals surface area contributed by atoms with E-state index < -0.39 is 0 Å². The summed E-state index contributed by atoms with van der Waals surface area (Å²) in [6, 6.07) is 7.87. The van der Waals surface area contributed by atoms with Crippen molar-refractivity contribution >= 4 is 11.9 Å². The average molecular weight is 418 g/mol. The minimum Gasteiger partial charge on any atom is -0.496 e. The van der Waals surface area contributed by atoms with E-state index in [1.807, 2.05) is 43.0 Å². The first-order valence-electron chi connectivity index (χ1n) is 11.0. The lowest BCUT2D eigenvalue weighted by molar-refractivity contribution is -0.134. The van der Waals surface area contributed by atoms with Crippen molar-refractivity contribution in [1.29, 1.82) is 0 Å². The topological polar surface area (TPSA) is 79.9 Å². The maximum absolute atomic E-state index is 12.5. The number of nitrogens with one attached hydrogen (secondary N) is 2. The Morgan fingerprint density at radius 1 is 1.27 bits per heavy atom. The maximum atomic E-state index is 12.5. The summed E-state index contributed by atoms with van der Waals surface area (Å²) in [4.78, 5) is 26.7. The fraction of sp³-hybridized carbons (Fsp3) is 0.652. The molecule has 7 heteroatoms. The van der Waals surface area contributed by atoms with Crippen molar-refractivity contribution in [3.8, 4) is 5.75 Å². The largest absolute Gasteiger partial charge is 0.496 e. The smallest absolute Gasteiger partial charge is 0.317 e. The van der Waals surface area contributed by atoms with E-state index in [9.17, 15) is 9.59 Å². The molecule has 1 spiro atoms. The minimum atomic E-state index is -0.194. The highest BCUT2D eigenvalue weighted by Gasteiger charge is 2.41. The monoisotopic (exact) mass is 417 g/mol. The van der Waals surface area contributed by atoms with Crippen LogP contribution in [0.2, 0.25) is 0 Å². The Bertz CT molecular complexity index is 729. The lowest BCUT2D eigenvalue weighted by Gasteiger charge is -2.46. The molecule has 7 nitrogen and oxygen atoms in total. The third kappa shape index (κ3) is 5.88. The van der Waals surface area contributed by atoms with Crippen LogP contribution in [0.25, 0.3) is 0 Å². The van der Waals surface area contributed by atoms with E-state index in [-0.39, 0.29) is 23.6 Å². The van der Waals surface area contributed by atoms with Gasteiger partial charge in [-0.3, -0.25) is 4.79 Å². The van der Waals surface area contributed by atoms with Crippen LogP contribution < -0.4 is 15.4 Å². The van der Waals surface area contributed by atoms with Gasteiger partial charge in [0.15, 0.2) is 0 Å². The Balaban J connectivity index is 1.47. The molecule has 2 aliphatic rings. The Kier molecular flexibility index (Phi) is 7.58. The quantitative estimate of drug-likeness (QED) is 0.746. The number of piperidine rings is 1. The molecule has 1 aromatic carbocycles. The molecule has 1 unspecified atom stereocenters. The average Bonchev–Trinajstić information content (AvgIpc) is 2.72. The third-order valence-corrected chi connectivity index (χ3v) is 6.11. The molecule has 2 N–H and O–H groups in total. The number of nitrogens with zero attached hydrogens (tertiary/aromatic N) is 1. The number of amides is 3. The second-order valence-corrected chi connectivity index (χ2v) is 8.77. The van der Waals surface area contributed by atoms with E-state index in [2.05, 4.69) is 10.6 Å². The van der Waals surface area contributed by atoms with Crippen LogP contribution in [0.5, 0.6) is 5.75 Å². The highest BCUT2D eigenvalue weighted by Crippen LogP contribution is 2.38. The van der Waals surface area contributed by atoms with Gasteiger partial charge in [0.25, 0.3) is 0 Å². The van der Waals surface area contributed by atoms with Gasteiger partial charge in [0.2, 0.25) is 5.91 Å². The van der Waals surface area contributed by atoms with Gasteiger partial charge in [-0.2, -0.15) is 0 Å². The van der Waals surface area contributed by atoms with E-state index >= 15 is 0 Å². The molecule has 2 aliphatic heterocycles. The van der Waals surface area contributed by atoms with E-state index in [1.165, 1.54) is 0 Å². The Morgan fingerprint density at radius 3 is 2.70 bits per heavy atom. The number of rotatable bonds is 6. The summed E-state index contributed by atoms with van der Waals surface area (Å²) in [6.07, 6.45) is 3.96. The molecule has 166 valence electrons. The first kappa shape index (κ1) is 22.4. The number of ether oxygens (including phenoxy) is 2. The standard InChI is InChI=1S/C23H35N3O4/c1-17(2)25-22(28)26-11-9-23(10-12-26)15-18(8-13-30-23)14-21(27)24-16-19-6-4-5-7-20(19)29-3/h4-7,17-18H,8-16H2,1-3H3,(H,24,27)(H,25,28). The number of carbonyl (C=O) groups excluding carboxylic acids is 2. The van der Waals surface area contributed by atoms with Crippen molar-refractivity contribution in [1.82, 2.24) is 15.5 Å². The van der Waals surface area contributed by atoms with Gasteiger partial charge in [-0.05, 0) is 51.5 Å². The molecule has 30 heavy (non-hydrogen) atoms. The van der Waals surface area contributed by atoms with Crippen LogP contribution in [0, 0.1) is 5.92 Å². The highest BCUT2D eigenvalue weighted by atomic mass is 16.5. The molecule has 0 radical (unpaired) electrons. The molecule has 1 atom stereocenters. The number of methoxy groups -OCH3 is 1. The molecule has 1 aromatic rings. The number of carbonyl (C=O) groups is 2. The van der Waals surface area contributed by atoms with Crippen LogP contribution in [0.3, 0.4) is 0 Å². The predicted octanol–water partition coefficient (Wildman–Crippen LogP) is 3.08. The fourth-order valence-electron chi connectivity index (χ4n) is 4.48. The number of para-hydroxylation sites is 1. The first-order valence-corrected chi connectivity index (χ1v) is 11.0. The summed E-state index contributed by atoms with van der Waals surface area (Å²) >= 11 is 0. The summed E-state index contributed by atoms with van der Waals surface area (Å²) in [5.41, 5.74) is 0.782. The van der Waals surface area contributed by atoms with E-state index in [0.29, 0.717) is 38.6 Å². The van der Waals surface area contributed by atoms with Crippen molar-refractivity contribution < 1.29 is 19.1 Å². The van der Waals surface area contributed by atoms with Crippen molar-refractivity contribution in [2.45, 2.75) is 64.1 Å². The van der Waals surface area contributed by atoms with Crippen LogP contribution in [-0.2, 0) is 16.1 Å². The lowest BCUT2D eigenvalue weighted by Crippen LogP contribution is -2.53. The molecule has 0 saturated carbocycles. The third-order valence-electron chi connectivity index (χ3n) is 6.11. The molecule has 2 saturated heterocycles. The summed E-state index contributed by atoms with van der Waals surface area (Å²) in [6.45, 7) is 6.49. The second-order valence-electron chi connectivity index (χ2n) is 8.77. The Morgan fingerprint density at radius 2 is 2.00 bits per heavy atom. The molecular weight excluding hydrogens is 382 g/mol. The van der Waals surface area contributed by atoms with Gasteiger partial charge in [-0.1, -0.05) is 18.2 Å². The zero-order valence-electron chi connectivity index (χ0n) is 18.4. The minimum absolute atomic E-state index is 0.00271. The zero-order valence-corrected chi connectivity index (χ0v) is 18.4.